The molecule has 1 atom stereocenters. The van der Waals surface area contributed by atoms with E-state index in [9.17, 15) is 10.3 Å². The fourth-order valence-electron chi connectivity index (χ4n) is 4.60. The lowest BCUT2D eigenvalue weighted by Gasteiger charge is -2.18. The molecule has 1 fully saturated rings. The third kappa shape index (κ3) is 4.18. The summed E-state index contributed by atoms with van der Waals surface area (Å²) in [4.78, 5) is 0. The Kier molecular flexibility index (Phi) is 5.60. The Morgan fingerprint density at radius 1 is 1.19 bits per heavy atom. The van der Waals surface area contributed by atoms with Gasteiger partial charge in [0, 0.05) is 24.9 Å². The molecule has 5 aromatic rings. The molecule has 0 unspecified atom stereocenters. The summed E-state index contributed by atoms with van der Waals surface area (Å²) in [5.41, 5.74) is 2.47. The molecule has 11 nitrogen and oxygen atoms in total. The van der Waals surface area contributed by atoms with E-state index in [2.05, 4.69) is 25.7 Å². The molecule has 0 bridgehead atoms. The number of pyridine rings is 1. The second-order valence-electron chi connectivity index (χ2n) is 9.08. The molecule has 188 valence electrons. The molecule has 4 heterocycles. The van der Waals surface area contributed by atoms with Crippen molar-refractivity contribution < 1.29 is 14.2 Å². The molecule has 0 saturated heterocycles. The Morgan fingerprint density at radius 2 is 2.03 bits per heavy atom. The van der Waals surface area contributed by atoms with Crippen LogP contribution >= 0.6 is 11.6 Å². The van der Waals surface area contributed by atoms with Gasteiger partial charge in [0.15, 0.2) is 17.8 Å². The van der Waals surface area contributed by atoms with Crippen LogP contribution in [-0.4, -0.2) is 44.9 Å². The molecule has 1 saturated carbocycles. The van der Waals surface area contributed by atoms with Gasteiger partial charge in [-0.05, 0) is 41.0 Å². The molecular weight excluding hydrogens is 501 g/mol. The number of nitrogens with zero attached hydrogens (tertiary/aromatic N) is 9. The Morgan fingerprint density at radius 3 is 2.70 bits per heavy atom. The highest BCUT2D eigenvalue weighted by Gasteiger charge is 2.32. The van der Waals surface area contributed by atoms with Crippen molar-refractivity contribution in [2.45, 2.75) is 25.3 Å². The van der Waals surface area contributed by atoms with Gasteiger partial charge in [0.25, 0.3) is 0 Å². The fourth-order valence-corrected chi connectivity index (χ4v) is 4.76. The molecular formula is C24H21ClFN9O2. The topological polar surface area (TPSA) is 126 Å². The minimum Gasteiger partial charge on any atom is -0.618 e. The number of aryl methyl sites for hydroxylation is 1. The van der Waals surface area contributed by atoms with Crippen molar-refractivity contribution in [2.75, 3.05) is 0 Å². The van der Waals surface area contributed by atoms with Crippen LogP contribution in [0.15, 0.2) is 55.4 Å². The lowest BCUT2D eigenvalue weighted by molar-refractivity contribution is -0.615. The van der Waals surface area contributed by atoms with Gasteiger partial charge in [-0.3, -0.25) is 9.36 Å². The maximum atomic E-state index is 15.2. The number of hydrogen-bond acceptors (Lipinski definition) is 7. The molecule has 0 amide bonds. The quantitative estimate of drug-likeness (QED) is 0.257. The average Bonchev–Trinajstić information content (AvgIpc) is 3.23. The number of tetrazole rings is 1. The summed E-state index contributed by atoms with van der Waals surface area (Å²) in [6.45, 7) is 0. The maximum absolute atomic E-state index is 15.2. The predicted octanol–water partition coefficient (Wildman–Crippen LogP) is 3.45. The van der Waals surface area contributed by atoms with Crippen LogP contribution in [0.2, 0.25) is 5.02 Å². The second-order valence-corrected chi connectivity index (χ2v) is 9.49. The zero-order valence-corrected chi connectivity index (χ0v) is 20.4. The second kappa shape index (κ2) is 8.96. The van der Waals surface area contributed by atoms with Crippen molar-refractivity contribution in [1.29, 1.82) is 0 Å². The van der Waals surface area contributed by atoms with Gasteiger partial charge >= 0.3 is 0 Å². The van der Waals surface area contributed by atoms with E-state index >= 15 is 4.39 Å². The first-order chi connectivity index (χ1) is 17.9. The Hall–Kier alpha value is -4.32. The van der Waals surface area contributed by atoms with Crippen molar-refractivity contribution >= 4 is 11.6 Å². The van der Waals surface area contributed by atoms with Crippen molar-refractivity contribution in [2.24, 2.45) is 13.0 Å². The van der Waals surface area contributed by atoms with Crippen LogP contribution < -0.4 is 4.73 Å². The summed E-state index contributed by atoms with van der Waals surface area (Å²) >= 11 is 6.07. The normalized spacial score (nSPS) is 14.2. The number of aromatic hydroxyl groups is 1. The monoisotopic (exact) mass is 521 g/mol. The minimum atomic E-state index is -0.676. The summed E-state index contributed by atoms with van der Waals surface area (Å²) in [7, 11) is 1.73. The molecule has 0 aliphatic heterocycles. The standard InChI is InChI=1S/C24H21ClFN9O2/c1-32-24(21(36)10-28-32)16-9-29-33(11-16)20(8-14-2-3-14)18-6-4-15(12-35(18)37)22-19(34-13-27-30-31-34)7-5-17(25)23(22)26/h4-7,9-14,20,36H,2-3,8H2,1H3/t20-/m1/s1. The molecule has 13 heteroatoms. The van der Waals surface area contributed by atoms with E-state index in [0.29, 0.717) is 34.1 Å². The average molecular weight is 522 g/mol. The Bertz CT molecular complexity index is 1570. The summed E-state index contributed by atoms with van der Waals surface area (Å²) < 4.78 is 20.6. The molecule has 1 N–H and O–H groups in total. The van der Waals surface area contributed by atoms with Crippen LogP contribution in [0.5, 0.6) is 5.75 Å². The minimum absolute atomic E-state index is 0.0472. The third-order valence-electron chi connectivity index (χ3n) is 6.61. The van der Waals surface area contributed by atoms with Gasteiger partial charge in [0.05, 0.1) is 34.2 Å². The molecule has 0 spiro atoms. The van der Waals surface area contributed by atoms with Gasteiger partial charge in [-0.1, -0.05) is 24.4 Å². The maximum Gasteiger partial charge on any atom is 0.217 e. The Labute approximate surface area is 214 Å². The summed E-state index contributed by atoms with van der Waals surface area (Å²) in [5, 5.41) is 43.2. The van der Waals surface area contributed by atoms with E-state index < -0.39 is 5.82 Å². The van der Waals surface area contributed by atoms with Crippen molar-refractivity contribution in [3.05, 3.63) is 77.1 Å². The first-order valence-electron chi connectivity index (χ1n) is 11.6. The summed E-state index contributed by atoms with van der Waals surface area (Å²) in [5.74, 6) is -0.144. The van der Waals surface area contributed by atoms with E-state index in [-0.39, 0.29) is 22.4 Å². The lowest BCUT2D eigenvalue weighted by atomic mass is 10.0. The van der Waals surface area contributed by atoms with Crippen LogP contribution in [-0.2, 0) is 7.05 Å². The molecule has 1 aromatic carbocycles. The largest absolute Gasteiger partial charge is 0.618 e. The van der Waals surface area contributed by atoms with Gasteiger partial charge in [-0.25, -0.2) is 4.39 Å². The zero-order valence-electron chi connectivity index (χ0n) is 19.6. The molecule has 4 aromatic heterocycles. The lowest BCUT2D eigenvalue weighted by Crippen LogP contribution is -2.35. The van der Waals surface area contributed by atoms with Crippen molar-refractivity contribution in [3.63, 3.8) is 0 Å². The highest BCUT2D eigenvalue weighted by Crippen LogP contribution is 2.40. The van der Waals surface area contributed by atoms with Gasteiger partial charge < -0.3 is 10.3 Å². The van der Waals surface area contributed by atoms with Gasteiger partial charge in [-0.15, -0.1) is 5.10 Å². The Balaban J connectivity index is 1.41. The number of hydrogen-bond donors (Lipinski definition) is 1. The van der Waals surface area contributed by atoms with Crippen molar-refractivity contribution in [3.8, 4) is 33.8 Å². The van der Waals surface area contributed by atoms with Gasteiger partial charge in [0.2, 0.25) is 5.69 Å². The number of benzene rings is 1. The first kappa shape index (κ1) is 23.1. The van der Waals surface area contributed by atoms with Crippen LogP contribution in [0, 0.1) is 16.9 Å². The van der Waals surface area contributed by atoms with Crippen LogP contribution in [0.3, 0.4) is 0 Å². The van der Waals surface area contributed by atoms with E-state index in [1.807, 2.05) is 0 Å². The molecule has 6 rings (SSSR count). The molecule has 37 heavy (non-hydrogen) atoms. The highest BCUT2D eigenvalue weighted by molar-refractivity contribution is 6.31. The third-order valence-corrected chi connectivity index (χ3v) is 6.90. The van der Waals surface area contributed by atoms with E-state index in [4.69, 9.17) is 11.6 Å². The van der Waals surface area contributed by atoms with Crippen LogP contribution in [0.1, 0.15) is 31.0 Å². The molecule has 0 radical (unpaired) electrons. The number of rotatable bonds is 7. The van der Waals surface area contributed by atoms with E-state index in [0.717, 1.165) is 24.0 Å². The van der Waals surface area contributed by atoms with E-state index in [1.54, 1.807) is 47.0 Å². The number of aromatic nitrogens is 9. The van der Waals surface area contributed by atoms with Crippen LogP contribution in [0.25, 0.3) is 28.1 Å². The van der Waals surface area contributed by atoms with E-state index in [1.165, 1.54) is 29.5 Å². The molecule has 1 aliphatic carbocycles. The van der Waals surface area contributed by atoms with Crippen molar-refractivity contribution in [1.82, 2.24) is 39.8 Å². The molecule has 1 aliphatic rings. The van der Waals surface area contributed by atoms with Gasteiger partial charge in [-0.2, -0.15) is 19.6 Å². The zero-order chi connectivity index (χ0) is 25.7. The van der Waals surface area contributed by atoms with Gasteiger partial charge in [0.1, 0.15) is 18.1 Å². The highest BCUT2D eigenvalue weighted by atomic mass is 35.5. The fraction of sp³-hybridized carbons (Fsp3) is 0.250. The summed E-state index contributed by atoms with van der Waals surface area (Å²) in [6, 6.07) is 6.02. The number of halogens is 2. The smallest absolute Gasteiger partial charge is 0.217 e. The first-order valence-corrected chi connectivity index (χ1v) is 12.0. The summed E-state index contributed by atoms with van der Waals surface area (Å²) in [6.07, 6.45) is 10.4. The van der Waals surface area contributed by atoms with Crippen LogP contribution in [0.4, 0.5) is 4.39 Å². The SMILES string of the molecule is Cn1ncc(O)c1-c1cnn([C@H](CC2CC2)c2ccc(-c3c(-n4cnnn4)ccc(Cl)c3F)c[n+]2[O-])c1. The predicted molar refractivity (Wildman–Crippen MR) is 130 cm³/mol.